The molecule has 0 saturated carbocycles. The molecule has 6 nitrogen and oxygen atoms in total. The number of benzene rings is 2. The number of rotatable bonds is 6. The second kappa shape index (κ2) is 9.16. The van der Waals surface area contributed by atoms with Gasteiger partial charge < -0.3 is 9.64 Å². The smallest absolute Gasteiger partial charge is 0.113 e. The minimum Gasteiger partial charge on any atom is -0.376 e. The molecule has 2 aromatic carbocycles. The SMILES string of the molecule is Cc1cc(N2CC3(CCCN3Cc3ccccc3)C2)ccc1-c1cn(C[C@H]2CCCCO2)nn1. The molecule has 0 unspecified atom stereocenters. The first-order chi connectivity index (χ1) is 16.7. The van der Waals surface area contributed by atoms with Gasteiger partial charge in [0.2, 0.25) is 0 Å². The number of nitrogens with zero attached hydrogens (tertiary/aromatic N) is 5. The van der Waals surface area contributed by atoms with Gasteiger partial charge in [-0.2, -0.15) is 0 Å². The maximum absolute atomic E-state index is 5.86. The third-order valence-corrected chi connectivity index (χ3v) is 7.98. The fraction of sp³-hybridized carbons (Fsp3) is 0.500. The number of anilines is 1. The van der Waals surface area contributed by atoms with Crippen LogP contribution in [0.15, 0.2) is 54.7 Å². The van der Waals surface area contributed by atoms with Gasteiger partial charge >= 0.3 is 0 Å². The predicted octanol–water partition coefficient (Wildman–Crippen LogP) is 4.68. The van der Waals surface area contributed by atoms with Crippen LogP contribution in [0.4, 0.5) is 5.69 Å². The molecule has 1 atom stereocenters. The van der Waals surface area contributed by atoms with Crippen molar-refractivity contribution in [1.82, 2.24) is 19.9 Å². The molecular formula is C28H35N5O. The Labute approximate surface area is 202 Å². The molecule has 0 N–H and O–H groups in total. The molecule has 6 heteroatoms. The molecule has 178 valence electrons. The first-order valence-corrected chi connectivity index (χ1v) is 12.9. The first kappa shape index (κ1) is 21.8. The Kier molecular flexibility index (Phi) is 5.87. The lowest BCUT2D eigenvalue weighted by atomic mass is 9.85. The van der Waals surface area contributed by atoms with E-state index in [2.05, 4.69) is 81.8 Å². The first-order valence-electron chi connectivity index (χ1n) is 12.9. The van der Waals surface area contributed by atoms with Gasteiger partial charge in [-0.3, -0.25) is 4.90 Å². The lowest BCUT2D eigenvalue weighted by Gasteiger charge is -2.54. The van der Waals surface area contributed by atoms with E-state index in [1.54, 1.807) is 0 Å². The predicted molar refractivity (Wildman–Crippen MR) is 135 cm³/mol. The summed E-state index contributed by atoms with van der Waals surface area (Å²) in [6.07, 6.45) is 8.48. The summed E-state index contributed by atoms with van der Waals surface area (Å²) in [5, 5.41) is 8.84. The van der Waals surface area contributed by atoms with Gasteiger partial charge in [0.1, 0.15) is 5.69 Å². The quantitative estimate of drug-likeness (QED) is 0.538. The van der Waals surface area contributed by atoms with Gasteiger partial charge in [0.15, 0.2) is 0 Å². The van der Waals surface area contributed by atoms with Crippen molar-refractivity contribution in [3.05, 3.63) is 65.9 Å². The lowest BCUT2D eigenvalue weighted by Crippen LogP contribution is -2.67. The molecule has 34 heavy (non-hydrogen) atoms. The second-order valence-corrected chi connectivity index (χ2v) is 10.4. The monoisotopic (exact) mass is 457 g/mol. The maximum atomic E-state index is 5.86. The standard InChI is InChI=1S/C28H35N5O/c1-22-16-24(11-12-26(22)27-19-33(30-29-27)18-25-10-5-6-15-34-25)31-20-28(21-31)13-7-14-32(28)17-23-8-3-2-4-9-23/h2-4,8-9,11-12,16,19,25H,5-7,10,13-15,17-18,20-21H2,1H3/t25-/m1/s1. The summed E-state index contributed by atoms with van der Waals surface area (Å²) in [7, 11) is 0. The maximum Gasteiger partial charge on any atom is 0.113 e. The molecule has 1 aromatic heterocycles. The number of hydrogen-bond donors (Lipinski definition) is 0. The van der Waals surface area contributed by atoms with Crippen molar-refractivity contribution in [2.75, 3.05) is 31.1 Å². The number of aromatic nitrogens is 3. The summed E-state index contributed by atoms with van der Waals surface area (Å²) >= 11 is 0. The van der Waals surface area contributed by atoms with Crippen LogP contribution in [0.2, 0.25) is 0 Å². The van der Waals surface area contributed by atoms with Crippen molar-refractivity contribution in [3.8, 4) is 11.3 Å². The molecule has 3 fully saturated rings. The highest BCUT2D eigenvalue weighted by Gasteiger charge is 2.50. The van der Waals surface area contributed by atoms with E-state index < -0.39 is 0 Å². The molecular weight excluding hydrogens is 422 g/mol. The fourth-order valence-corrected chi connectivity index (χ4v) is 6.05. The van der Waals surface area contributed by atoms with Gasteiger partial charge in [-0.1, -0.05) is 41.6 Å². The Morgan fingerprint density at radius 3 is 2.74 bits per heavy atom. The molecule has 0 bridgehead atoms. The Hall–Kier alpha value is -2.70. The van der Waals surface area contributed by atoms with Crippen molar-refractivity contribution >= 4 is 5.69 Å². The normalized spacial score (nSPS) is 22.3. The number of ether oxygens (including phenoxy) is 1. The summed E-state index contributed by atoms with van der Waals surface area (Å²) in [4.78, 5) is 5.26. The fourth-order valence-electron chi connectivity index (χ4n) is 6.05. The molecule has 3 aliphatic rings. The molecule has 4 heterocycles. The Morgan fingerprint density at radius 2 is 1.94 bits per heavy atom. The summed E-state index contributed by atoms with van der Waals surface area (Å²) < 4.78 is 7.81. The average Bonchev–Trinajstić information content (AvgIpc) is 3.47. The van der Waals surface area contributed by atoms with E-state index in [4.69, 9.17) is 4.74 Å². The molecule has 0 amide bonds. The van der Waals surface area contributed by atoms with Crippen LogP contribution in [0, 0.1) is 6.92 Å². The Balaban J connectivity index is 1.11. The molecule has 3 saturated heterocycles. The zero-order valence-corrected chi connectivity index (χ0v) is 20.2. The van der Waals surface area contributed by atoms with Crippen LogP contribution in [-0.4, -0.2) is 57.8 Å². The molecule has 6 rings (SSSR count). The van der Waals surface area contributed by atoms with Gasteiger partial charge in [-0.25, -0.2) is 4.68 Å². The minimum absolute atomic E-state index is 0.266. The lowest BCUT2D eigenvalue weighted by molar-refractivity contribution is 0.00370. The second-order valence-electron chi connectivity index (χ2n) is 10.4. The van der Waals surface area contributed by atoms with Crippen LogP contribution in [-0.2, 0) is 17.8 Å². The molecule has 3 aliphatic heterocycles. The van der Waals surface area contributed by atoms with E-state index >= 15 is 0 Å². The van der Waals surface area contributed by atoms with Gasteiger partial charge in [0.05, 0.1) is 24.4 Å². The van der Waals surface area contributed by atoms with Crippen LogP contribution in [0.3, 0.4) is 0 Å². The zero-order chi connectivity index (χ0) is 23.0. The van der Waals surface area contributed by atoms with Crippen LogP contribution >= 0.6 is 0 Å². The van der Waals surface area contributed by atoms with E-state index in [9.17, 15) is 0 Å². The summed E-state index contributed by atoms with van der Waals surface area (Å²) in [5.74, 6) is 0. The van der Waals surface area contributed by atoms with Crippen LogP contribution in [0.25, 0.3) is 11.3 Å². The van der Waals surface area contributed by atoms with Crippen LogP contribution < -0.4 is 4.90 Å². The van der Waals surface area contributed by atoms with E-state index in [0.717, 1.165) is 44.9 Å². The Morgan fingerprint density at radius 1 is 1.06 bits per heavy atom. The summed E-state index contributed by atoms with van der Waals surface area (Å²) in [6.45, 7) is 8.37. The zero-order valence-electron chi connectivity index (χ0n) is 20.2. The van der Waals surface area contributed by atoms with E-state index in [-0.39, 0.29) is 6.10 Å². The van der Waals surface area contributed by atoms with Gasteiger partial charge in [0, 0.05) is 37.5 Å². The highest BCUT2D eigenvalue weighted by atomic mass is 16.5. The summed E-state index contributed by atoms with van der Waals surface area (Å²) in [5.41, 5.74) is 6.46. The van der Waals surface area contributed by atoms with Gasteiger partial charge in [-0.05, 0) is 68.8 Å². The van der Waals surface area contributed by atoms with Crippen LogP contribution in [0.1, 0.15) is 43.2 Å². The van der Waals surface area contributed by atoms with Crippen molar-refractivity contribution in [3.63, 3.8) is 0 Å². The topological polar surface area (TPSA) is 46.4 Å². The van der Waals surface area contributed by atoms with Crippen molar-refractivity contribution in [2.24, 2.45) is 0 Å². The number of hydrogen-bond acceptors (Lipinski definition) is 5. The largest absolute Gasteiger partial charge is 0.376 e. The molecule has 3 aromatic rings. The van der Waals surface area contributed by atoms with Gasteiger partial charge in [0.25, 0.3) is 0 Å². The molecule has 0 aliphatic carbocycles. The molecule has 1 spiro atoms. The third kappa shape index (κ3) is 4.25. The Bertz CT molecular complexity index is 1110. The van der Waals surface area contributed by atoms with Crippen molar-refractivity contribution < 1.29 is 4.74 Å². The average molecular weight is 458 g/mol. The highest BCUT2D eigenvalue weighted by Crippen LogP contribution is 2.41. The van der Waals surface area contributed by atoms with Crippen molar-refractivity contribution in [2.45, 2.75) is 63.8 Å². The van der Waals surface area contributed by atoms with Crippen LogP contribution in [0.5, 0.6) is 0 Å². The number of likely N-dealkylation sites (tertiary alicyclic amines) is 1. The van der Waals surface area contributed by atoms with E-state index in [0.29, 0.717) is 5.54 Å². The molecule has 0 radical (unpaired) electrons. The summed E-state index contributed by atoms with van der Waals surface area (Å²) in [6, 6.07) is 17.7. The number of aryl methyl sites for hydroxylation is 1. The van der Waals surface area contributed by atoms with E-state index in [1.807, 2.05) is 4.68 Å². The van der Waals surface area contributed by atoms with E-state index in [1.165, 1.54) is 54.6 Å². The highest BCUT2D eigenvalue weighted by molar-refractivity contribution is 5.67. The third-order valence-electron chi connectivity index (χ3n) is 7.98. The van der Waals surface area contributed by atoms with Crippen molar-refractivity contribution in [1.29, 1.82) is 0 Å². The van der Waals surface area contributed by atoms with Gasteiger partial charge in [-0.15, -0.1) is 5.10 Å². The minimum atomic E-state index is 0.266.